The van der Waals surface area contributed by atoms with Gasteiger partial charge in [0.05, 0.1) is 27.8 Å². The van der Waals surface area contributed by atoms with Crippen LogP contribution in [-0.2, 0) is 0 Å². The van der Waals surface area contributed by atoms with Gasteiger partial charge in [-0.15, -0.1) is 10.0 Å². The van der Waals surface area contributed by atoms with E-state index in [4.69, 9.17) is 0 Å². The second kappa shape index (κ2) is 16.9. The standard InChI is InChI=1S/C66H46N2S/c1-5-22-47(23-6-1)48-42-44-53(45-43-48)69(51-27-9-3-10-28-51,52-29-11-4-12-30-52)54-31-19-26-50(46-54)67-60-37-17-16-35-59(60)66-63(67)40-21-41-64(66)68-61-38-18-15-34-58(61)65-57(36-20-39-62(65)68)56-33-14-13-32-55(56)49-24-7-2-8-25-49/h1-46H. The summed E-state index contributed by atoms with van der Waals surface area (Å²) >= 11 is 0. The minimum atomic E-state index is -1.99. The quantitative estimate of drug-likeness (QED) is 0.137. The first-order valence-electron chi connectivity index (χ1n) is 23.7. The van der Waals surface area contributed by atoms with Crippen LogP contribution >= 0.6 is 10.0 Å². The lowest BCUT2D eigenvalue weighted by atomic mass is 9.92. The highest BCUT2D eigenvalue weighted by atomic mass is 32.3. The summed E-state index contributed by atoms with van der Waals surface area (Å²) in [6.45, 7) is 0. The third-order valence-corrected chi connectivity index (χ3v) is 17.8. The van der Waals surface area contributed by atoms with Crippen molar-refractivity contribution in [3.05, 3.63) is 279 Å². The van der Waals surface area contributed by atoms with Gasteiger partial charge in [0.1, 0.15) is 0 Å². The molecule has 11 aromatic carbocycles. The fraction of sp³-hybridized carbons (Fsp3) is 0. The van der Waals surface area contributed by atoms with Gasteiger partial charge in [0.25, 0.3) is 0 Å². The fourth-order valence-electron chi connectivity index (χ4n) is 10.9. The molecule has 3 heteroatoms. The predicted molar refractivity (Wildman–Crippen MR) is 291 cm³/mol. The van der Waals surface area contributed by atoms with Gasteiger partial charge < -0.3 is 9.13 Å². The van der Waals surface area contributed by atoms with Crippen molar-refractivity contribution < 1.29 is 0 Å². The van der Waals surface area contributed by atoms with Gasteiger partial charge in [0.2, 0.25) is 0 Å². The van der Waals surface area contributed by atoms with E-state index in [1.807, 2.05) is 0 Å². The second-order valence-corrected chi connectivity index (χ2v) is 20.7. The summed E-state index contributed by atoms with van der Waals surface area (Å²) in [7, 11) is -1.99. The summed E-state index contributed by atoms with van der Waals surface area (Å²) in [5.74, 6) is 0. The van der Waals surface area contributed by atoms with Crippen LogP contribution in [0.1, 0.15) is 0 Å². The maximum absolute atomic E-state index is 2.51. The summed E-state index contributed by atoms with van der Waals surface area (Å²) in [5.41, 5.74) is 14.3. The molecule has 0 aliphatic rings. The summed E-state index contributed by atoms with van der Waals surface area (Å²) in [4.78, 5) is 5.15. The van der Waals surface area contributed by atoms with Crippen LogP contribution in [0, 0.1) is 0 Å². The average molecular weight is 899 g/mol. The molecule has 0 fully saturated rings. The number of fused-ring (bicyclic) bond motifs is 6. The molecule has 0 N–H and O–H groups in total. The SMILES string of the molecule is c1ccc(-c2ccc(S(c3ccccc3)(c3ccccc3)c3cccc(-n4c5ccccc5c5c(-n6c7ccccc7c7c(-c8ccccc8-c8ccccc8)cccc76)cccc54)c3)cc2)cc1. The minimum absolute atomic E-state index is 1.13. The lowest BCUT2D eigenvalue weighted by Crippen LogP contribution is -2.06. The molecule has 13 rings (SSSR count). The maximum atomic E-state index is 2.51. The molecule has 0 aliphatic heterocycles. The van der Waals surface area contributed by atoms with Crippen LogP contribution in [0.15, 0.2) is 299 Å². The Kier molecular flexibility index (Phi) is 9.96. The molecular formula is C66H46N2S. The van der Waals surface area contributed by atoms with E-state index in [2.05, 4.69) is 288 Å². The Morgan fingerprint density at radius 3 is 1.35 bits per heavy atom. The van der Waals surface area contributed by atoms with Crippen molar-refractivity contribution in [3.8, 4) is 44.8 Å². The Morgan fingerprint density at radius 1 is 0.246 bits per heavy atom. The summed E-state index contributed by atoms with van der Waals surface area (Å²) in [6.07, 6.45) is 0. The topological polar surface area (TPSA) is 9.86 Å². The number of nitrogens with zero attached hydrogens (tertiary/aromatic N) is 2. The average Bonchev–Trinajstić information content (AvgIpc) is 3.96. The van der Waals surface area contributed by atoms with Crippen LogP contribution in [-0.4, -0.2) is 9.13 Å². The zero-order valence-corrected chi connectivity index (χ0v) is 38.7. The number of hydrogen-bond acceptors (Lipinski definition) is 0. The first kappa shape index (κ1) is 40.6. The summed E-state index contributed by atoms with van der Waals surface area (Å²) < 4.78 is 5.00. The predicted octanol–water partition coefficient (Wildman–Crippen LogP) is 18.2. The van der Waals surface area contributed by atoms with Crippen molar-refractivity contribution in [2.75, 3.05) is 0 Å². The molecule has 2 heterocycles. The smallest absolute Gasteiger partial charge is 0.0562 e. The lowest BCUT2D eigenvalue weighted by Gasteiger charge is -2.42. The van der Waals surface area contributed by atoms with Gasteiger partial charge in [-0.1, -0.05) is 194 Å². The molecule has 326 valence electrons. The second-order valence-electron chi connectivity index (χ2n) is 17.6. The number of para-hydroxylation sites is 2. The van der Waals surface area contributed by atoms with Crippen LogP contribution in [0.3, 0.4) is 0 Å². The maximum Gasteiger partial charge on any atom is 0.0562 e. The van der Waals surface area contributed by atoms with Gasteiger partial charge in [-0.3, -0.25) is 0 Å². The highest BCUT2D eigenvalue weighted by Gasteiger charge is 2.34. The molecule has 0 unspecified atom stereocenters. The molecule has 0 radical (unpaired) electrons. The van der Waals surface area contributed by atoms with E-state index in [1.54, 1.807) is 0 Å². The van der Waals surface area contributed by atoms with Gasteiger partial charge in [0, 0.05) is 46.8 Å². The van der Waals surface area contributed by atoms with Gasteiger partial charge >= 0.3 is 0 Å². The Balaban J connectivity index is 1.05. The molecule has 2 nitrogen and oxygen atoms in total. The zero-order chi connectivity index (χ0) is 45.7. The van der Waals surface area contributed by atoms with Crippen molar-refractivity contribution in [2.45, 2.75) is 19.6 Å². The van der Waals surface area contributed by atoms with Gasteiger partial charge in [-0.2, -0.15) is 0 Å². The molecule has 0 spiro atoms. The zero-order valence-electron chi connectivity index (χ0n) is 37.9. The molecule has 0 bridgehead atoms. The number of aromatic nitrogens is 2. The van der Waals surface area contributed by atoms with Gasteiger partial charge in [-0.25, -0.2) is 0 Å². The first-order valence-corrected chi connectivity index (χ1v) is 25.3. The molecule has 0 amide bonds. The fourth-order valence-corrected chi connectivity index (χ4v) is 14.8. The Morgan fingerprint density at radius 2 is 0.681 bits per heavy atom. The van der Waals surface area contributed by atoms with E-state index in [9.17, 15) is 0 Å². The summed E-state index contributed by atoms with van der Waals surface area (Å²) in [5, 5.41) is 4.92. The van der Waals surface area contributed by atoms with Crippen molar-refractivity contribution in [3.63, 3.8) is 0 Å². The monoisotopic (exact) mass is 898 g/mol. The highest BCUT2D eigenvalue weighted by molar-refractivity contribution is 8.34. The number of rotatable bonds is 9. The van der Waals surface area contributed by atoms with E-state index >= 15 is 0 Å². The van der Waals surface area contributed by atoms with E-state index < -0.39 is 10.0 Å². The van der Waals surface area contributed by atoms with Gasteiger partial charge in [0.15, 0.2) is 0 Å². The third-order valence-electron chi connectivity index (χ3n) is 13.9. The van der Waals surface area contributed by atoms with Gasteiger partial charge in [-0.05, 0) is 118 Å². The Labute approximate surface area is 404 Å². The molecule has 0 saturated heterocycles. The van der Waals surface area contributed by atoms with Crippen LogP contribution in [0.4, 0.5) is 0 Å². The largest absolute Gasteiger partial charge is 0.309 e. The van der Waals surface area contributed by atoms with Crippen molar-refractivity contribution >= 4 is 53.6 Å². The van der Waals surface area contributed by atoms with E-state index in [-0.39, 0.29) is 0 Å². The van der Waals surface area contributed by atoms with Crippen LogP contribution in [0.5, 0.6) is 0 Å². The third kappa shape index (κ3) is 6.58. The molecular weight excluding hydrogens is 853 g/mol. The Bertz CT molecular complexity index is 3940. The van der Waals surface area contributed by atoms with Crippen LogP contribution in [0.2, 0.25) is 0 Å². The molecule has 0 atom stereocenters. The number of benzene rings is 11. The molecule has 13 aromatic rings. The van der Waals surface area contributed by atoms with Crippen molar-refractivity contribution in [2.24, 2.45) is 0 Å². The lowest BCUT2D eigenvalue weighted by molar-refractivity contribution is 1.14. The molecule has 69 heavy (non-hydrogen) atoms. The first-order chi connectivity index (χ1) is 34.3. The van der Waals surface area contributed by atoms with Crippen molar-refractivity contribution in [1.82, 2.24) is 9.13 Å². The minimum Gasteiger partial charge on any atom is -0.309 e. The molecule has 0 aliphatic carbocycles. The number of hydrogen-bond donors (Lipinski definition) is 0. The van der Waals surface area contributed by atoms with Crippen LogP contribution < -0.4 is 0 Å². The molecule has 2 aromatic heterocycles. The molecule has 0 saturated carbocycles. The Hall–Kier alpha value is -8.63. The van der Waals surface area contributed by atoms with Crippen LogP contribution in [0.25, 0.3) is 88.4 Å². The van der Waals surface area contributed by atoms with E-state index in [1.165, 1.54) is 91.1 Å². The highest BCUT2D eigenvalue weighted by Crippen LogP contribution is 2.73. The van der Waals surface area contributed by atoms with E-state index in [0.29, 0.717) is 0 Å². The van der Waals surface area contributed by atoms with Crippen molar-refractivity contribution in [1.29, 1.82) is 0 Å². The summed E-state index contributed by atoms with van der Waals surface area (Å²) in [6, 6.07) is 103. The van der Waals surface area contributed by atoms with E-state index in [0.717, 1.165) is 16.9 Å². The normalized spacial score (nSPS) is 12.0.